The number of hydrogen-bond donors (Lipinski definition) is 1. The fourth-order valence-corrected chi connectivity index (χ4v) is 1.58. The number of esters is 1. The molecule has 0 unspecified atom stereocenters. The van der Waals surface area contributed by atoms with Gasteiger partial charge >= 0.3 is 5.97 Å². The molecular formula is C10H20N4O2. The fourth-order valence-electron chi connectivity index (χ4n) is 1.58. The zero-order valence-electron chi connectivity index (χ0n) is 10.2. The summed E-state index contributed by atoms with van der Waals surface area (Å²) in [6.45, 7) is 4.96. The van der Waals surface area contributed by atoms with E-state index >= 15 is 0 Å². The lowest BCUT2D eigenvalue weighted by atomic mass is 9.93. The fraction of sp³-hybridized carbons (Fsp3) is 0.900. The highest BCUT2D eigenvalue weighted by Crippen LogP contribution is 2.16. The number of hydrogen-bond acceptors (Lipinski definition) is 4. The maximum Gasteiger partial charge on any atom is 0.326 e. The second-order valence-corrected chi connectivity index (χ2v) is 3.52. The predicted molar refractivity (Wildman–Crippen MR) is 62.0 cm³/mol. The first kappa shape index (κ1) is 14.7. The van der Waals surface area contributed by atoms with Crippen LogP contribution in [0.2, 0.25) is 0 Å². The first-order valence-electron chi connectivity index (χ1n) is 5.51. The van der Waals surface area contributed by atoms with Gasteiger partial charge in [0, 0.05) is 11.5 Å². The number of ether oxygens (including phenoxy) is 1. The van der Waals surface area contributed by atoms with Gasteiger partial charge in [0.2, 0.25) is 0 Å². The van der Waals surface area contributed by atoms with Gasteiger partial charge in [0.25, 0.3) is 0 Å². The molecule has 0 saturated carbocycles. The third-order valence-electron chi connectivity index (χ3n) is 2.74. The van der Waals surface area contributed by atoms with Crippen LogP contribution in [0, 0.1) is 0 Å². The number of azide groups is 1. The van der Waals surface area contributed by atoms with Crippen molar-refractivity contribution in [3.8, 4) is 0 Å². The van der Waals surface area contributed by atoms with E-state index in [0.717, 1.165) is 0 Å². The zero-order valence-corrected chi connectivity index (χ0v) is 10.2. The zero-order chi connectivity index (χ0) is 12.4. The Kier molecular flexibility index (Phi) is 7.33. The monoisotopic (exact) mass is 228 g/mol. The Morgan fingerprint density at radius 2 is 2.12 bits per heavy atom. The highest BCUT2D eigenvalue weighted by atomic mass is 16.5. The van der Waals surface area contributed by atoms with E-state index in [1.807, 2.05) is 13.8 Å². The summed E-state index contributed by atoms with van der Waals surface area (Å²) < 4.78 is 4.79. The molecule has 0 atom stereocenters. The normalized spacial score (nSPS) is 10.7. The van der Waals surface area contributed by atoms with E-state index in [-0.39, 0.29) is 5.97 Å². The van der Waals surface area contributed by atoms with Crippen molar-refractivity contribution in [1.82, 2.24) is 5.32 Å². The van der Waals surface area contributed by atoms with Crippen LogP contribution in [-0.2, 0) is 9.53 Å². The highest BCUT2D eigenvalue weighted by Gasteiger charge is 2.34. The van der Waals surface area contributed by atoms with E-state index in [0.29, 0.717) is 32.4 Å². The average molecular weight is 228 g/mol. The standard InChI is InChI=1S/C10H20N4O2/c1-4-10(5-2,9(15)16-3)12-7-6-8-13-14-11/h12H,4-8H2,1-3H3. The van der Waals surface area contributed by atoms with Gasteiger partial charge in [-0.25, -0.2) is 0 Å². The molecule has 0 aromatic rings. The lowest BCUT2D eigenvalue weighted by Crippen LogP contribution is -2.52. The Balaban J connectivity index is 4.22. The number of rotatable bonds is 8. The van der Waals surface area contributed by atoms with Crippen LogP contribution < -0.4 is 5.32 Å². The molecule has 0 radical (unpaired) electrons. The molecule has 0 heterocycles. The third-order valence-corrected chi connectivity index (χ3v) is 2.74. The topological polar surface area (TPSA) is 87.1 Å². The highest BCUT2D eigenvalue weighted by molar-refractivity contribution is 5.80. The molecule has 0 aliphatic heterocycles. The van der Waals surface area contributed by atoms with Gasteiger partial charge in [0.1, 0.15) is 5.54 Å². The van der Waals surface area contributed by atoms with Gasteiger partial charge in [-0.1, -0.05) is 19.0 Å². The molecule has 0 fully saturated rings. The Hall–Kier alpha value is -1.26. The summed E-state index contributed by atoms with van der Waals surface area (Å²) in [5.74, 6) is -0.235. The van der Waals surface area contributed by atoms with E-state index in [9.17, 15) is 4.79 Å². The van der Waals surface area contributed by atoms with Crippen LogP contribution >= 0.6 is 0 Å². The van der Waals surface area contributed by atoms with Gasteiger partial charge in [0.15, 0.2) is 0 Å². The van der Waals surface area contributed by atoms with Crippen LogP contribution in [-0.4, -0.2) is 31.7 Å². The number of carbonyl (C=O) groups is 1. The third kappa shape index (κ3) is 4.08. The van der Waals surface area contributed by atoms with Gasteiger partial charge in [-0.05, 0) is 31.3 Å². The van der Waals surface area contributed by atoms with Gasteiger partial charge in [0.05, 0.1) is 7.11 Å². The summed E-state index contributed by atoms with van der Waals surface area (Å²) in [4.78, 5) is 14.3. The van der Waals surface area contributed by atoms with Gasteiger partial charge in [-0.3, -0.25) is 4.79 Å². The smallest absolute Gasteiger partial charge is 0.326 e. The average Bonchev–Trinajstić information content (AvgIpc) is 2.33. The Morgan fingerprint density at radius 1 is 1.50 bits per heavy atom. The van der Waals surface area contributed by atoms with Crippen molar-refractivity contribution in [3.63, 3.8) is 0 Å². The molecule has 1 N–H and O–H groups in total. The first-order valence-corrected chi connectivity index (χ1v) is 5.51. The molecule has 0 aliphatic rings. The van der Waals surface area contributed by atoms with Crippen LogP contribution in [0.1, 0.15) is 33.1 Å². The lowest BCUT2D eigenvalue weighted by molar-refractivity contribution is -0.149. The molecule has 0 rings (SSSR count). The van der Waals surface area contributed by atoms with E-state index in [4.69, 9.17) is 10.3 Å². The molecule has 0 aromatic heterocycles. The van der Waals surface area contributed by atoms with Crippen molar-refractivity contribution in [1.29, 1.82) is 0 Å². The summed E-state index contributed by atoms with van der Waals surface area (Å²) in [7, 11) is 1.39. The van der Waals surface area contributed by atoms with Crippen molar-refractivity contribution in [2.45, 2.75) is 38.6 Å². The summed E-state index contributed by atoms with van der Waals surface area (Å²) >= 11 is 0. The van der Waals surface area contributed by atoms with Gasteiger partial charge in [-0.2, -0.15) is 0 Å². The Bertz CT molecular complexity index is 258. The van der Waals surface area contributed by atoms with Crippen LogP contribution in [0.3, 0.4) is 0 Å². The Morgan fingerprint density at radius 3 is 2.56 bits per heavy atom. The van der Waals surface area contributed by atoms with Gasteiger partial charge < -0.3 is 10.1 Å². The van der Waals surface area contributed by atoms with Crippen molar-refractivity contribution >= 4 is 5.97 Å². The minimum atomic E-state index is -0.606. The Labute approximate surface area is 96.0 Å². The second kappa shape index (κ2) is 7.96. The van der Waals surface area contributed by atoms with E-state index in [1.165, 1.54) is 7.11 Å². The SMILES string of the molecule is CCC(CC)(NCCCN=[N+]=[N-])C(=O)OC. The number of methoxy groups -OCH3 is 1. The minimum Gasteiger partial charge on any atom is -0.468 e. The van der Waals surface area contributed by atoms with Crippen LogP contribution in [0.4, 0.5) is 0 Å². The molecule has 92 valence electrons. The largest absolute Gasteiger partial charge is 0.468 e. The molecule has 0 aromatic carbocycles. The number of nitrogens with zero attached hydrogens (tertiary/aromatic N) is 3. The number of carbonyl (C=O) groups excluding carboxylic acids is 1. The molecule has 0 aliphatic carbocycles. The lowest BCUT2D eigenvalue weighted by Gasteiger charge is -2.29. The predicted octanol–water partition coefficient (Wildman–Crippen LogP) is 2.01. The van der Waals surface area contributed by atoms with E-state index in [2.05, 4.69) is 15.3 Å². The molecule has 0 saturated heterocycles. The molecule has 16 heavy (non-hydrogen) atoms. The van der Waals surface area contributed by atoms with Crippen LogP contribution in [0.15, 0.2) is 5.11 Å². The van der Waals surface area contributed by atoms with Crippen molar-refractivity contribution < 1.29 is 9.53 Å². The summed E-state index contributed by atoms with van der Waals surface area (Å²) in [5.41, 5.74) is 7.50. The molecule has 0 bridgehead atoms. The maximum absolute atomic E-state index is 11.6. The van der Waals surface area contributed by atoms with E-state index in [1.54, 1.807) is 0 Å². The van der Waals surface area contributed by atoms with Crippen molar-refractivity contribution in [2.75, 3.05) is 20.2 Å². The van der Waals surface area contributed by atoms with Crippen molar-refractivity contribution in [3.05, 3.63) is 10.4 Å². The van der Waals surface area contributed by atoms with E-state index < -0.39 is 5.54 Å². The molecule has 0 spiro atoms. The van der Waals surface area contributed by atoms with Crippen molar-refractivity contribution in [2.24, 2.45) is 5.11 Å². The molecule has 6 nitrogen and oxygen atoms in total. The molecular weight excluding hydrogens is 208 g/mol. The summed E-state index contributed by atoms with van der Waals surface area (Å²) in [6, 6.07) is 0. The minimum absolute atomic E-state index is 0.235. The second-order valence-electron chi connectivity index (χ2n) is 3.52. The quantitative estimate of drug-likeness (QED) is 0.226. The molecule has 6 heteroatoms. The van der Waals surface area contributed by atoms with Crippen LogP contribution in [0.25, 0.3) is 10.4 Å². The molecule has 0 amide bonds. The van der Waals surface area contributed by atoms with Crippen LogP contribution in [0.5, 0.6) is 0 Å². The summed E-state index contributed by atoms with van der Waals surface area (Å²) in [6.07, 6.45) is 2.07. The summed E-state index contributed by atoms with van der Waals surface area (Å²) in [5, 5.41) is 6.62. The maximum atomic E-state index is 11.6. The van der Waals surface area contributed by atoms with Gasteiger partial charge in [-0.15, -0.1) is 0 Å². The number of nitrogens with one attached hydrogen (secondary N) is 1. The first-order chi connectivity index (χ1) is 7.66.